The van der Waals surface area contributed by atoms with Crippen LogP contribution in [0.3, 0.4) is 0 Å². The van der Waals surface area contributed by atoms with Crippen LogP contribution < -0.4 is 5.73 Å². The van der Waals surface area contributed by atoms with Crippen molar-refractivity contribution in [3.05, 3.63) is 45.7 Å². The molecule has 2 heterocycles. The number of hydrogen-bond donors (Lipinski definition) is 1. The Morgan fingerprint density at radius 1 is 1.44 bits per heavy atom. The van der Waals surface area contributed by atoms with E-state index in [1.54, 1.807) is 11.3 Å². The van der Waals surface area contributed by atoms with Gasteiger partial charge in [0.15, 0.2) is 0 Å². The molecule has 0 spiro atoms. The van der Waals surface area contributed by atoms with Crippen LogP contribution in [-0.2, 0) is 6.42 Å². The Kier molecular flexibility index (Phi) is 3.14. The van der Waals surface area contributed by atoms with Crippen LogP contribution in [0.2, 0.25) is 0 Å². The average Bonchev–Trinajstić information content (AvgIpc) is 2.84. The van der Waals surface area contributed by atoms with Crippen molar-refractivity contribution in [3.63, 3.8) is 0 Å². The highest BCUT2D eigenvalue weighted by Crippen LogP contribution is 2.39. The Hall–Kier alpha value is -1.26. The summed E-state index contributed by atoms with van der Waals surface area (Å²) in [6, 6.07) is 4.23. The third-order valence-electron chi connectivity index (χ3n) is 3.64. The maximum atomic E-state index is 6.43. The molecule has 0 aliphatic heterocycles. The second kappa shape index (κ2) is 4.78. The predicted molar refractivity (Wildman–Crippen MR) is 73.7 cm³/mol. The normalized spacial score (nSPS) is 20.4. The van der Waals surface area contributed by atoms with Gasteiger partial charge in [-0.3, -0.25) is 4.98 Å². The first-order valence-corrected chi connectivity index (χ1v) is 7.19. The van der Waals surface area contributed by atoms with E-state index < -0.39 is 0 Å². The summed E-state index contributed by atoms with van der Waals surface area (Å²) in [5.41, 5.74) is 8.99. The first kappa shape index (κ1) is 11.8. The van der Waals surface area contributed by atoms with Gasteiger partial charge in [-0.1, -0.05) is 6.07 Å². The smallest absolute Gasteiger partial charge is 0.0897 e. The Bertz CT molecular complexity index is 549. The Morgan fingerprint density at radius 2 is 2.33 bits per heavy atom. The predicted octanol–water partition coefficient (Wildman–Crippen LogP) is 2.97. The first-order valence-electron chi connectivity index (χ1n) is 6.37. The van der Waals surface area contributed by atoms with Gasteiger partial charge in [0, 0.05) is 34.9 Å². The summed E-state index contributed by atoms with van der Waals surface area (Å²) in [6.45, 7) is 2.02. The molecule has 3 rings (SSSR count). The zero-order valence-electron chi connectivity index (χ0n) is 10.5. The summed E-state index contributed by atoms with van der Waals surface area (Å²) in [5, 5.41) is 1.08. The summed E-state index contributed by atoms with van der Waals surface area (Å²) in [6.07, 6.45) is 7.26. The van der Waals surface area contributed by atoms with Crippen LogP contribution in [0, 0.1) is 6.92 Å². The minimum Gasteiger partial charge on any atom is -0.323 e. The Labute approximate surface area is 111 Å². The van der Waals surface area contributed by atoms with Crippen molar-refractivity contribution in [2.45, 2.75) is 38.1 Å². The van der Waals surface area contributed by atoms with E-state index in [2.05, 4.69) is 16.0 Å². The second-order valence-corrected chi connectivity index (χ2v) is 6.12. The van der Waals surface area contributed by atoms with Crippen LogP contribution in [0.1, 0.15) is 45.9 Å². The maximum absolute atomic E-state index is 6.43. The molecule has 0 fully saturated rings. The molecule has 0 amide bonds. The number of nitrogens with zero attached hydrogens (tertiary/aromatic N) is 2. The molecule has 94 valence electrons. The highest BCUT2D eigenvalue weighted by Gasteiger charge is 2.28. The third-order valence-corrected chi connectivity index (χ3v) is 4.65. The molecule has 0 saturated carbocycles. The molecule has 0 aromatic carbocycles. The van der Waals surface area contributed by atoms with Gasteiger partial charge < -0.3 is 5.73 Å². The molecule has 2 aromatic rings. The summed E-state index contributed by atoms with van der Waals surface area (Å²) < 4.78 is 0. The number of rotatable bonds is 2. The second-order valence-electron chi connectivity index (χ2n) is 4.85. The number of aryl methyl sites for hydroxylation is 2. The fourth-order valence-electron chi connectivity index (χ4n) is 2.73. The molecule has 1 aliphatic rings. The SMILES string of the molecule is Cc1ncc(C(N)C2CCCc3cccnc32)s1. The van der Waals surface area contributed by atoms with Crippen molar-refractivity contribution >= 4 is 11.3 Å². The quantitative estimate of drug-likeness (QED) is 0.902. The number of hydrogen-bond acceptors (Lipinski definition) is 4. The van der Waals surface area contributed by atoms with Gasteiger partial charge >= 0.3 is 0 Å². The van der Waals surface area contributed by atoms with Crippen molar-refractivity contribution in [3.8, 4) is 0 Å². The number of thiazole rings is 1. The van der Waals surface area contributed by atoms with Crippen molar-refractivity contribution < 1.29 is 0 Å². The third kappa shape index (κ3) is 2.06. The lowest BCUT2D eigenvalue weighted by molar-refractivity contribution is 0.467. The molecule has 2 unspecified atom stereocenters. The van der Waals surface area contributed by atoms with E-state index in [1.807, 2.05) is 25.4 Å². The summed E-state index contributed by atoms with van der Waals surface area (Å²) in [7, 11) is 0. The lowest BCUT2D eigenvalue weighted by Crippen LogP contribution is -2.23. The fourth-order valence-corrected chi connectivity index (χ4v) is 3.58. The molecule has 1 aliphatic carbocycles. The summed E-state index contributed by atoms with van der Waals surface area (Å²) in [4.78, 5) is 10.0. The largest absolute Gasteiger partial charge is 0.323 e. The van der Waals surface area contributed by atoms with E-state index >= 15 is 0 Å². The van der Waals surface area contributed by atoms with Crippen molar-refractivity contribution in [1.29, 1.82) is 0 Å². The van der Waals surface area contributed by atoms with E-state index in [9.17, 15) is 0 Å². The van der Waals surface area contributed by atoms with Gasteiger partial charge in [-0.15, -0.1) is 11.3 Å². The molecule has 4 heteroatoms. The fraction of sp³-hybridized carbons (Fsp3) is 0.429. The molecule has 0 bridgehead atoms. The van der Waals surface area contributed by atoms with Gasteiger partial charge in [-0.25, -0.2) is 4.98 Å². The van der Waals surface area contributed by atoms with E-state index in [0.717, 1.165) is 17.8 Å². The van der Waals surface area contributed by atoms with E-state index in [0.29, 0.717) is 5.92 Å². The molecule has 2 aromatic heterocycles. The van der Waals surface area contributed by atoms with Crippen molar-refractivity contribution in [1.82, 2.24) is 9.97 Å². The topological polar surface area (TPSA) is 51.8 Å². The maximum Gasteiger partial charge on any atom is 0.0897 e. The lowest BCUT2D eigenvalue weighted by atomic mass is 9.82. The molecule has 0 saturated heterocycles. The molecular weight excluding hydrogens is 242 g/mol. The lowest BCUT2D eigenvalue weighted by Gasteiger charge is -2.28. The molecule has 3 nitrogen and oxygen atoms in total. The monoisotopic (exact) mass is 259 g/mol. The standard InChI is InChI=1S/C14H17N3S/c1-9-17-8-12(18-9)13(15)11-6-2-4-10-5-3-7-16-14(10)11/h3,5,7-8,11,13H,2,4,6,15H2,1H3. The summed E-state index contributed by atoms with van der Waals surface area (Å²) >= 11 is 1.70. The van der Waals surface area contributed by atoms with Gasteiger partial charge in [0.05, 0.1) is 5.01 Å². The Balaban J connectivity index is 1.94. The first-order chi connectivity index (χ1) is 8.75. The van der Waals surface area contributed by atoms with E-state index in [4.69, 9.17) is 5.73 Å². The van der Waals surface area contributed by atoms with Crippen molar-refractivity contribution in [2.75, 3.05) is 0 Å². The van der Waals surface area contributed by atoms with Gasteiger partial charge in [0.2, 0.25) is 0 Å². The minimum atomic E-state index is 0.0325. The van der Waals surface area contributed by atoms with Crippen LogP contribution in [0.15, 0.2) is 24.5 Å². The Morgan fingerprint density at radius 3 is 3.11 bits per heavy atom. The molecular formula is C14H17N3S. The number of aromatic nitrogens is 2. The highest BCUT2D eigenvalue weighted by molar-refractivity contribution is 7.11. The number of nitrogens with two attached hydrogens (primary N) is 1. The van der Waals surface area contributed by atoms with Gasteiger partial charge in [-0.05, 0) is 37.8 Å². The van der Waals surface area contributed by atoms with Gasteiger partial charge in [0.25, 0.3) is 0 Å². The van der Waals surface area contributed by atoms with Crippen LogP contribution in [0.5, 0.6) is 0 Å². The zero-order chi connectivity index (χ0) is 12.5. The van der Waals surface area contributed by atoms with Crippen LogP contribution in [0.4, 0.5) is 0 Å². The molecule has 2 N–H and O–H groups in total. The number of fused-ring (bicyclic) bond motifs is 1. The van der Waals surface area contributed by atoms with Gasteiger partial charge in [-0.2, -0.15) is 0 Å². The summed E-state index contributed by atoms with van der Waals surface area (Å²) in [5.74, 6) is 0.342. The molecule has 0 radical (unpaired) electrons. The highest BCUT2D eigenvalue weighted by atomic mass is 32.1. The average molecular weight is 259 g/mol. The molecule has 2 atom stereocenters. The van der Waals surface area contributed by atoms with Crippen molar-refractivity contribution in [2.24, 2.45) is 5.73 Å². The van der Waals surface area contributed by atoms with Gasteiger partial charge in [0.1, 0.15) is 0 Å². The van der Waals surface area contributed by atoms with E-state index in [1.165, 1.54) is 22.6 Å². The minimum absolute atomic E-state index is 0.0325. The van der Waals surface area contributed by atoms with E-state index in [-0.39, 0.29) is 6.04 Å². The van der Waals surface area contributed by atoms with Crippen LogP contribution >= 0.6 is 11.3 Å². The van der Waals surface area contributed by atoms with Crippen LogP contribution in [-0.4, -0.2) is 9.97 Å². The van der Waals surface area contributed by atoms with Crippen LogP contribution in [0.25, 0.3) is 0 Å². The molecule has 18 heavy (non-hydrogen) atoms. The number of pyridine rings is 1. The zero-order valence-corrected chi connectivity index (χ0v) is 11.3.